The Morgan fingerprint density at radius 2 is 1.67 bits per heavy atom. The first kappa shape index (κ1) is 16.0. The third-order valence-electron chi connectivity index (χ3n) is 3.61. The molecule has 0 amide bonds. The zero-order chi connectivity index (χ0) is 13.8. The minimum atomic E-state index is -2.80. The predicted octanol–water partition coefficient (Wildman–Crippen LogP) is 2.61. The lowest BCUT2D eigenvalue weighted by Gasteiger charge is -2.24. The van der Waals surface area contributed by atoms with E-state index in [4.69, 9.17) is 0 Å². The minimum absolute atomic E-state index is 0.140. The summed E-state index contributed by atoms with van der Waals surface area (Å²) in [6, 6.07) is 0.459. The number of hydrogen-bond donors (Lipinski definition) is 1. The van der Waals surface area contributed by atoms with Crippen LogP contribution in [0.5, 0.6) is 0 Å². The molecule has 18 heavy (non-hydrogen) atoms. The highest BCUT2D eigenvalue weighted by molar-refractivity contribution is 7.92. The van der Waals surface area contributed by atoms with Gasteiger partial charge in [0.05, 0.1) is 11.0 Å². The predicted molar refractivity (Wildman–Crippen MR) is 77.5 cm³/mol. The van der Waals surface area contributed by atoms with Gasteiger partial charge in [-0.15, -0.1) is 0 Å². The van der Waals surface area contributed by atoms with E-state index in [2.05, 4.69) is 33.0 Å². The molecule has 3 nitrogen and oxygen atoms in total. The Bertz CT molecular complexity index is 326. The summed E-state index contributed by atoms with van der Waals surface area (Å²) in [5.74, 6) is 1.70. The third-order valence-corrected chi connectivity index (χ3v) is 5.88. The van der Waals surface area contributed by atoms with E-state index in [-0.39, 0.29) is 5.25 Å². The maximum Gasteiger partial charge on any atom is 0.154 e. The molecule has 1 aliphatic rings. The molecule has 1 atom stereocenters. The monoisotopic (exact) mass is 275 g/mol. The van der Waals surface area contributed by atoms with Crippen LogP contribution >= 0.6 is 0 Å². The Labute approximate surface area is 113 Å². The minimum Gasteiger partial charge on any atom is -0.313 e. The quantitative estimate of drug-likeness (QED) is 0.777. The van der Waals surface area contributed by atoms with E-state index in [0.29, 0.717) is 30.2 Å². The maximum absolute atomic E-state index is 11.8. The van der Waals surface area contributed by atoms with E-state index < -0.39 is 9.84 Å². The van der Waals surface area contributed by atoms with E-state index in [9.17, 15) is 8.42 Å². The highest BCUT2D eigenvalue weighted by atomic mass is 32.2. The summed E-state index contributed by atoms with van der Waals surface area (Å²) in [4.78, 5) is 0. The van der Waals surface area contributed by atoms with Crippen LogP contribution in [0.1, 0.15) is 53.4 Å². The van der Waals surface area contributed by atoms with Gasteiger partial charge in [-0.25, -0.2) is 8.42 Å². The Morgan fingerprint density at radius 3 is 2.06 bits per heavy atom. The smallest absolute Gasteiger partial charge is 0.154 e. The molecule has 0 saturated carbocycles. The molecule has 0 aliphatic carbocycles. The second-order valence-corrected chi connectivity index (χ2v) is 8.90. The van der Waals surface area contributed by atoms with E-state index in [0.717, 1.165) is 25.7 Å². The molecule has 1 fully saturated rings. The second-order valence-electron chi connectivity index (χ2n) is 6.50. The molecule has 0 aromatic heterocycles. The van der Waals surface area contributed by atoms with Gasteiger partial charge in [0.2, 0.25) is 0 Å². The van der Waals surface area contributed by atoms with Crippen molar-refractivity contribution in [1.29, 1.82) is 0 Å². The SMILES string of the molecule is CC(C)CC(CC(C)C)NCC1CCCS1(=O)=O. The van der Waals surface area contributed by atoms with Crippen LogP contribution in [0.4, 0.5) is 0 Å². The molecule has 1 saturated heterocycles. The Kier molecular flexibility index (Phi) is 6.12. The van der Waals surface area contributed by atoms with Crippen LogP contribution in [-0.4, -0.2) is 32.0 Å². The lowest BCUT2D eigenvalue weighted by Crippen LogP contribution is -2.38. The van der Waals surface area contributed by atoms with Crippen molar-refractivity contribution in [2.75, 3.05) is 12.3 Å². The fourth-order valence-electron chi connectivity index (χ4n) is 2.79. The van der Waals surface area contributed by atoms with Crippen LogP contribution in [0.25, 0.3) is 0 Å². The van der Waals surface area contributed by atoms with Gasteiger partial charge in [0.25, 0.3) is 0 Å². The van der Waals surface area contributed by atoms with Gasteiger partial charge < -0.3 is 5.32 Å². The van der Waals surface area contributed by atoms with E-state index in [1.165, 1.54) is 0 Å². The first-order chi connectivity index (χ1) is 8.31. The summed E-state index contributed by atoms with van der Waals surface area (Å²) >= 11 is 0. The third kappa shape index (κ3) is 5.27. The van der Waals surface area contributed by atoms with Crippen molar-refractivity contribution in [2.45, 2.75) is 64.7 Å². The number of sulfone groups is 1. The molecule has 0 aromatic carbocycles. The topological polar surface area (TPSA) is 46.2 Å². The van der Waals surface area contributed by atoms with Crippen molar-refractivity contribution in [1.82, 2.24) is 5.32 Å². The number of hydrogen-bond acceptors (Lipinski definition) is 3. The Morgan fingerprint density at radius 1 is 1.11 bits per heavy atom. The van der Waals surface area contributed by atoms with Gasteiger partial charge >= 0.3 is 0 Å². The summed E-state index contributed by atoms with van der Waals surface area (Å²) in [6.07, 6.45) is 3.94. The Balaban J connectivity index is 2.46. The number of rotatable bonds is 7. The van der Waals surface area contributed by atoms with Gasteiger partial charge in [-0.1, -0.05) is 27.7 Å². The van der Waals surface area contributed by atoms with Crippen LogP contribution < -0.4 is 5.32 Å². The molecule has 1 N–H and O–H groups in total. The van der Waals surface area contributed by atoms with E-state index >= 15 is 0 Å². The van der Waals surface area contributed by atoms with Gasteiger partial charge in [0.1, 0.15) is 0 Å². The van der Waals surface area contributed by atoms with Gasteiger partial charge in [0.15, 0.2) is 9.84 Å². The average molecular weight is 275 g/mol. The number of nitrogens with one attached hydrogen (secondary N) is 1. The zero-order valence-electron chi connectivity index (χ0n) is 12.3. The molecule has 1 aliphatic heterocycles. The summed E-state index contributed by atoms with van der Waals surface area (Å²) in [5, 5.41) is 3.36. The van der Waals surface area contributed by atoms with Crippen molar-refractivity contribution in [2.24, 2.45) is 11.8 Å². The zero-order valence-corrected chi connectivity index (χ0v) is 13.1. The van der Waals surface area contributed by atoms with Crippen LogP contribution in [0.2, 0.25) is 0 Å². The Hall–Kier alpha value is -0.0900. The van der Waals surface area contributed by atoms with Crippen molar-refractivity contribution >= 4 is 9.84 Å². The van der Waals surface area contributed by atoms with Crippen LogP contribution in [0, 0.1) is 11.8 Å². The molecule has 0 radical (unpaired) electrons. The van der Waals surface area contributed by atoms with Gasteiger partial charge in [-0.3, -0.25) is 0 Å². The lowest BCUT2D eigenvalue weighted by atomic mass is 9.95. The molecule has 1 unspecified atom stereocenters. The highest BCUT2D eigenvalue weighted by Gasteiger charge is 2.31. The fraction of sp³-hybridized carbons (Fsp3) is 1.00. The standard InChI is InChI=1S/C14H29NO2S/c1-11(2)8-13(9-12(3)4)15-10-14-6-5-7-18(14,16)17/h11-15H,5-10H2,1-4H3. The molecule has 108 valence electrons. The highest BCUT2D eigenvalue weighted by Crippen LogP contribution is 2.20. The summed E-state index contributed by atoms with van der Waals surface area (Å²) in [6.45, 7) is 9.54. The van der Waals surface area contributed by atoms with Crippen LogP contribution in [0.15, 0.2) is 0 Å². The molecule has 1 rings (SSSR count). The molecular weight excluding hydrogens is 246 g/mol. The van der Waals surface area contributed by atoms with Crippen molar-refractivity contribution in [3.8, 4) is 0 Å². The van der Waals surface area contributed by atoms with Crippen LogP contribution in [-0.2, 0) is 9.84 Å². The van der Waals surface area contributed by atoms with Gasteiger partial charge in [0, 0.05) is 12.6 Å². The molecule has 4 heteroatoms. The lowest BCUT2D eigenvalue weighted by molar-refractivity contribution is 0.358. The van der Waals surface area contributed by atoms with Crippen molar-refractivity contribution in [3.63, 3.8) is 0 Å². The molecular formula is C14H29NO2S. The summed E-state index contributed by atoms with van der Waals surface area (Å²) in [5.41, 5.74) is 0. The molecule has 0 aromatic rings. The maximum atomic E-state index is 11.8. The summed E-state index contributed by atoms with van der Waals surface area (Å²) < 4.78 is 23.6. The van der Waals surface area contributed by atoms with Crippen molar-refractivity contribution < 1.29 is 8.42 Å². The molecule has 0 bridgehead atoms. The van der Waals surface area contributed by atoms with E-state index in [1.807, 2.05) is 0 Å². The molecule has 0 spiro atoms. The van der Waals surface area contributed by atoms with E-state index in [1.54, 1.807) is 0 Å². The average Bonchev–Trinajstić information content (AvgIpc) is 2.52. The van der Waals surface area contributed by atoms with Gasteiger partial charge in [-0.05, 0) is 37.5 Å². The van der Waals surface area contributed by atoms with Crippen molar-refractivity contribution in [3.05, 3.63) is 0 Å². The second kappa shape index (κ2) is 6.90. The molecule has 1 heterocycles. The fourth-order valence-corrected chi connectivity index (χ4v) is 4.56. The first-order valence-electron chi connectivity index (χ1n) is 7.26. The normalized spacial score (nSPS) is 23.4. The van der Waals surface area contributed by atoms with Crippen LogP contribution in [0.3, 0.4) is 0 Å². The van der Waals surface area contributed by atoms with Gasteiger partial charge in [-0.2, -0.15) is 0 Å². The summed E-state index contributed by atoms with van der Waals surface area (Å²) in [7, 11) is -2.80. The largest absolute Gasteiger partial charge is 0.313 e. The first-order valence-corrected chi connectivity index (χ1v) is 8.97.